The normalized spacial score (nSPS) is 25.9. The van der Waals surface area contributed by atoms with Gasteiger partial charge in [0.25, 0.3) is 5.91 Å². The van der Waals surface area contributed by atoms with E-state index in [0.29, 0.717) is 23.2 Å². The Hall–Kier alpha value is -0.810. The molecule has 1 aliphatic heterocycles. The number of hydrogen-bond donors (Lipinski definition) is 1. The van der Waals surface area contributed by atoms with E-state index in [4.69, 9.17) is 4.42 Å². The molecule has 1 fully saturated rings. The van der Waals surface area contributed by atoms with Crippen molar-refractivity contribution in [2.45, 2.75) is 25.5 Å². The second-order valence-corrected chi connectivity index (χ2v) is 4.62. The zero-order chi connectivity index (χ0) is 11.0. The smallest absolute Gasteiger partial charge is 0.257 e. The van der Waals surface area contributed by atoms with Crippen LogP contribution >= 0.6 is 15.9 Å². The molecule has 0 spiro atoms. The van der Waals surface area contributed by atoms with Crippen molar-refractivity contribution in [1.29, 1.82) is 0 Å². The molecule has 1 N–H and O–H groups in total. The largest absolute Gasteiger partial charge is 0.457 e. The van der Waals surface area contributed by atoms with E-state index in [9.17, 15) is 9.90 Å². The average molecular weight is 274 g/mol. The molecule has 2 rings (SSSR count). The van der Waals surface area contributed by atoms with Crippen LogP contribution in [-0.4, -0.2) is 34.6 Å². The minimum Gasteiger partial charge on any atom is -0.457 e. The number of β-amino-alcohol motifs (C(OH)–C–C–N with tert-alkyl or cyclic N) is 1. The quantitative estimate of drug-likeness (QED) is 0.847. The van der Waals surface area contributed by atoms with Gasteiger partial charge in [0.2, 0.25) is 0 Å². The fourth-order valence-electron chi connectivity index (χ4n) is 1.87. The highest BCUT2D eigenvalue weighted by molar-refractivity contribution is 9.10. The molecule has 1 aromatic rings. The van der Waals surface area contributed by atoms with Gasteiger partial charge < -0.3 is 14.4 Å². The molecule has 0 saturated carbocycles. The minimum atomic E-state index is -0.403. The molecule has 1 amide bonds. The molecule has 15 heavy (non-hydrogen) atoms. The van der Waals surface area contributed by atoms with E-state index in [2.05, 4.69) is 15.9 Å². The van der Waals surface area contributed by atoms with Crippen LogP contribution in [0.1, 0.15) is 23.7 Å². The Bertz CT molecular complexity index is 376. The number of rotatable bonds is 1. The highest BCUT2D eigenvalue weighted by Crippen LogP contribution is 2.22. The number of carbonyl (C=O) groups is 1. The first-order valence-corrected chi connectivity index (χ1v) is 5.60. The molecular formula is C10H12BrNO3. The van der Waals surface area contributed by atoms with Crippen LogP contribution < -0.4 is 0 Å². The lowest BCUT2D eigenvalue weighted by molar-refractivity contribution is 0.0725. The second-order valence-electron chi connectivity index (χ2n) is 3.84. The summed E-state index contributed by atoms with van der Waals surface area (Å²) in [5.74, 6) is -0.0894. The first kappa shape index (κ1) is 10.7. The summed E-state index contributed by atoms with van der Waals surface area (Å²) in [5.41, 5.74) is 0.517. The molecule has 0 aliphatic carbocycles. The number of carbonyl (C=O) groups excluding carboxylic acids is 1. The van der Waals surface area contributed by atoms with E-state index in [-0.39, 0.29) is 11.9 Å². The third-order valence-corrected chi connectivity index (χ3v) is 3.04. The van der Waals surface area contributed by atoms with Gasteiger partial charge in [-0.15, -0.1) is 0 Å². The van der Waals surface area contributed by atoms with Crippen molar-refractivity contribution in [2.24, 2.45) is 0 Å². The van der Waals surface area contributed by atoms with Crippen LogP contribution in [0.15, 0.2) is 21.4 Å². The monoisotopic (exact) mass is 273 g/mol. The Morgan fingerprint density at radius 2 is 2.47 bits per heavy atom. The lowest BCUT2D eigenvalue weighted by atomic mass is 10.2. The molecule has 0 aromatic carbocycles. The number of aliphatic hydroxyl groups excluding tert-OH is 1. The van der Waals surface area contributed by atoms with Crippen molar-refractivity contribution in [3.63, 3.8) is 0 Å². The number of hydrogen-bond acceptors (Lipinski definition) is 3. The van der Waals surface area contributed by atoms with E-state index in [0.717, 1.165) is 0 Å². The zero-order valence-electron chi connectivity index (χ0n) is 8.31. The zero-order valence-corrected chi connectivity index (χ0v) is 9.90. The van der Waals surface area contributed by atoms with E-state index in [1.165, 1.54) is 6.26 Å². The fourth-order valence-corrected chi connectivity index (χ4v) is 2.21. The Morgan fingerprint density at radius 1 is 1.73 bits per heavy atom. The number of furan rings is 1. The maximum Gasteiger partial charge on any atom is 0.257 e. The Balaban J connectivity index is 2.15. The molecule has 0 bridgehead atoms. The van der Waals surface area contributed by atoms with Crippen LogP contribution in [-0.2, 0) is 0 Å². The number of halogens is 1. The standard InChI is InChI=1S/C10H12BrNO3/c1-6-2-8(13)4-12(6)10(14)7-3-9(11)15-5-7/h3,5-6,8,13H,2,4H2,1H3. The molecule has 4 nitrogen and oxygen atoms in total. The molecular weight excluding hydrogens is 262 g/mol. The molecule has 2 heterocycles. The minimum absolute atomic E-state index is 0.0844. The van der Waals surface area contributed by atoms with Crippen molar-refractivity contribution in [3.05, 3.63) is 22.6 Å². The van der Waals surface area contributed by atoms with Crippen LogP contribution in [0, 0.1) is 0 Å². The molecule has 2 unspecified atom stereocenters. The molecule has 1 saturated heterocycles. The van der Waals surface area contributed by atoms with Gasteiger partial charge in [-0.3, -0.25) is 4.79 Å². The molecule has 82 valence electrons. The maximum atomic E-state index is 12.0. The third-order valence-electron chi connectivity index (χ3n) is 2.63. The van der Waals surface area contributed by atoms with Gasteiger partial charge in [0.1, 0.15) is 6.26 Å². The predicted molar refractivity (Wildman–Crippen MR) is 57.5 cm³/mol. The van der Waals surface area contributed by atoms with Crippen LogP contribution in [0.25, 0.3) is 0 Å². The first-order valence-electron chi connectivity index (χ1n) is 4.81. The van der Waals surface area contributed by atoms with Crippen LogP contribution in [0.3, 0.4) is 0 Å². The van der Waals surface area contributed by atoms with Crippen LogP contribution in [0.5, 0.6) is 0 Å². The SMILES string of the molecule is CC1CC(O)CN1C(=O)c1coc(Br)c1. The number of aliphatic hydroxyl groups is 1. The molecule has 2 atom stereocenters. The summed E-state index contributed by atoms with van der Waals surface area (Å²) in [6.45, 7) is 2.34. The number of likely N-dealkylation sites (tertiary alicyclic amines) is 1. The average Bonchev–Trinajstić information content (AvgIpc) is 2.71. The van der Waals surface area contributed by atoms with Gasteiger partial charge in [0, 0.05) is 18.7 Å². The summed E-state index contributed by atoms with van der Waals surface area (Å²) < 4.78 is 5.55. The molecule has 5 heteroatoms. The predicted octanol–water partition coefficient (Wildman–Crippen LogP) is 1.64. The Labute approximate surface area is 96.0 Å². The van der Waals surface area contributed by atoms with Gasteiger partial charge in [-0.25, -0.2) is 0 Å². The van der Waals surface area contributed by atoms with E-state index in [1.807, 2.05) is 6.92 Å². The fraction of sp³-hybridized carbons (Fsp3) is 0.500. The van der Waals surface area contributed by atoms with Gasteiger partial charge in [0.15, 0.2) is 4.67 Å². The lowest BCUT2D eigenvalue weighted by Crippen LogP contribution is -2.34. The molecule has 0 radical (unpaired) electrons. The van der Waals surface area contributed by atoms with Crippen molar-refractivity contribution in [1.82, 2.24) is 4.90 Å². The third kappa shape index (κ3) is 2.08. The van der Waals surface area contributed by atoms with Gasteiger partial charge in [0.05, 0.1) is 11.7 Å². The van der Waals surface area contributed by atoms with Crippen molar-refractivity contribution < 1.29 is 14.3 Å². The summed E-state index contributed by atoms with van der Waals surface area (Å²) in [7, 11) is 0. The summed E-state index contributed by atoms with van der Waals surface area (Å²) in [4.78, 5) is 13.6. The number of amides is 1. The van der Waals surface area contributed by atoms with Crippen molar-refractivity contribution in [2.75, 3.05) is 6.54 Å². The van der Waals surface area contributed by atoms with Gasteiger partial charge in [-0.1, -0.05) is 0 Å². The molecule has 1 aromatic heterocycles. The van der Waals surface area contributed by atoms with Crippen molar-refractivity contribution >= 4 is 21.8 Å². The highest BCUT2D eigenvalue weighted by atomic mass is 79.9. The highest BCUT2D eigenvalue weighted by Gasteiger charge is 2.32. The summed E-state index contributed by atoms with van der Waals surface area (Å²) in [6.07, 6.45) is 1.66. The topological polar surface area (TPSA) is 53.7 Å². The van der Waals surface area contributed by atoms with Gasteiger partial charge in [-0.05, 0) is 29.3 Å². The lowest BCUT2D eigenvalue weighted by Gasteiger charge is -2.19. The number of nitrogens with zero attached hydrogens (tertiary/aromatic N) is 1. The van der Waals surface area contributed by atoms with Crippen LogP contribution in [0.4, 0.5) is 0 Å². The van der Waals surface area contributed by atoms with Gasteiger partial charge >= 0.3 is 0 Å². The summed E-state index contributed by atoms with van der Waals surface area (Å²) in [6, 6.07) is 1.72. The second kappa shape index (κ2) is 3.98. The Kier molecular flexibility index (Phi) is 2.84. The summed E-state index contributed by atoms with van der Waals surface area (Å²) >= 11 is 3.15. The van der Waals surface area contributed by atoms with E-state index >= 15 is 0 Å². The maximum absolute atomic E-state index is 12.0. The van der Waals surface area contributed by atoms with E-state index < -0.39 is 6.10 Å². The molecule has 1 aliphatic rings. The Morgan fingerprint density at radius 3 is 2.93 bits per heavy atom. The van der Waals surface area contributed by atoms with Crippen LogP contribution in [0.2, 0.25) is 0 Å². The van der Waals surface area contributed by atoms with E-state index in [1.54, 1.807) is 11.0 Å². The van der Waals surface area contributed by atoms with Gasteiger partial charge in [-0.2, -0.15) is 0 Å². The first-order chi connectivity index (χ1) is 7.08. The summed E-state index contributed by atoms with van der Waals surface area (Å²) in [5, 5.41) is 9.44. The van der Waals surface area contributed by atoms with Crippen molar-refractivity contribution in [3.8, 4) is 0 Å².